The molecule has 1 N–H and O–H groups in total. The number of aryl methyl sites for hydroxylation is 1. The lowest BCUT2D eigenvalue weighted by molar-refractivity contribution is 0.226. The number of fused-ring (bicyclic) bond motifs is 4. The lowest BCUT2D eigenvalue weighted by Crippen LogP contribution is -2.31. The summed E-state index contributed by atoms with van der Waals surface area (Å²) in [5.41, 5.74) is 3.88. The van der Waals surface area contributed by atoms with Crippen LogP contribution >= 0.6 is 0 Å². The molecule has 0 radical (unpaired) electrons. The summed E-state index contributed by atoms with van der Waals surface area (Å²) in [6.07, 6.45) is 4.76. The number of aromatic nitrogens is 2. The number of ether oxygens (including phenoxy) is 1. The maximum absolute atomic E-state index is 13.8. The second kappa shape index (κ2) is 7.63. The van der Waals surface area contributed by atoms with Crippen LogP contribution in [-0.4, -0.2) is 55.2 Å². The summed E-state index contributed by atoms with van der Waals surface area (Å²) < 4.78 is 48.5. The smallest absolute Gasteiger partial charge is 0.259 e. The first-order valence-electron chi connectivity index (χ1n) is 11.5. The van der Waals surface area contributed by atoms with Crippen LogP contribution in [0.25, 0.3) is 0 Å². The lowest BCUT2D eigenvalue weighted by Gasteiger charge is -2.29. The van der Waals surface area contributed by atoms with E-state index >= 15 is 0 Å². The van der Waals surface area contributed by atoms with E-state index in [0.717, 1.165) is 24.2 Å². The van der Waals surface area contributed by atoms with E-state index < -0.39 is 10.0 Å². The van der Waals surface area contributed by atoms with Crippen molar-refractivity contribution in [2.75, 3.05) is 20.2 Å². The van der Waals surface area contributed by atoms with E-state index in [1.807, 2.05) is 12.1 Å². The van der Waals surface area contributed by atoms with Gasteiger partial charge in [-0.15, -0.1) is 0 Å². The predicted octanol–water partition coefficient (Wildman–Crippen LogP) is 2.48. The molecule has 1 saturated heterocycles. The van der Waals surface area contributed by atoms with Crippen molar-refractivity contribution in [3.05, 3.63) is 77.5 Å². The van der Waals surface area contributed by atoms with Crippen LogP contribution in [0.4, 0.5) is 4.39 Å². The first-order chi connectivity index (χ1) is 16.3. The molecule has 34 heavy (non-hydrogen) atoms. The van der Waals surface area contributed by atoms with Gasteiger partial charge < -0.3 is 9.30 Å². The Morgan fingerprint density at radius 2 is 2.03 bits per heavy atom. The quantitative estimate of drug-likeness (QED) is 0.394. The van der Waals surface area contributed by atoms with E-state index in [0.29, 0.717) is 18.0 Å². The molecule has 1 spiro atoms. The summed E-state index contributed by atoms with van der Waals surface area (Å²) in [5.74, 6) is 0.842. The number of halogens is 1. The molecule has 1 saturated carbocycles. The van der Waals surface area contributed by atoms with E-state index in [4.69, 9.17) is 4.74 Å². The molecule has 7 nitrogen and oxygen atoms in total. The van der Waals surface area contributed by atoms with Gasteiger partial charge in [0.1, 0.15) is 18.2 Å². The van der Waals surface area contributed by atoms with Crippen molar-refractivity contribution in [2.24, 2.45) is 12.5 Å². The van der Waals surface area contributed by atoms with Crippen LogP contribution in [0.3, 0.4) is 0 Å². The highest BCUT2D eigenvalue weighted by atomic mass is 32.2. The number of likely N-dealkylation sites (tertiary alicyclic amines) is 1. The molecule has 1 aromatic heterocycles. The van der Waals surface area contributed by atoms with Gasteiger partial charge in [0.05, 0.1) is 6.33 Å². The monoisotopic (exact) mass is 482 g/mol. The number of hydrogen-bond donors (Lipinski definition) is 1. The zero-order valence-electron chi connectivity index (χ0n) is 19.1. The number of nitrogens with one attached hydrogen (secondary N) is 1. The van der Waals surface area contributed by atoms with Crippen molar-refractivity contribution in [2.45, 2.75) is 35.9 Å². The van der Waals surface area contributed by atoms with Gasteiger partial charge in [0.2, 0.25) is 0 Å². The Morgan fingerprint density at radius 1 is 1.21 bits per heavy atom. The number of nitrogens with zero attached hydrogens (tertiary/aromatic N) is 3. The number of likely N-dealkylation sites (N-methyl/N-ethyl adjacent to an activating group) is 1. The van der Waals surface area contributed by atoms with E-state index in [9.17, 15) is 12.8 Å². The first kappa shape index (κ1) is 21.8. The van der Waals surface area contributed by atoms with Gasteiger partial charge in [-0.05, 0) is 66.8 Å². The number of benzene rings is 2. The van der Waals surface area contributed by atoms with Gasteiger partial charge >= 0.3 is 0 Å². The third kappa shape index (κ3) is 3.45. The number of rotatable bonds is 8. The van der Waals surface area contributed by atoms with Crippen LogP contribution in [-0.2, 0) is 29.9 Å². The van der Waals surface area contributed by atoms with Gasteiger partial charge in [-0.3, -0.25) is 4.90 Å². The minimum absolute atomic E-state index is 0.00835. The van der Waals surface area contributed by atoms with Gasteiger partial charge in [0.15, 0.2) is 5.03 Å². The molecule has 178 valence electrons. The van der Waals surface area contributed by atoms with Crippen molar-refractivity contribution in [3.63, 3.8) is 0 Å². The zero-order chi connectivity index (χ0) is 23.7. The highest BCUT2D eigenvalue weighted by molar-refractivity contribution is 7.89. The van der Waals surface area contributed by atoms with Crippen LogP contribution in [0.5, 0.6) is 5.75 Å². The minimum Gasteiger partial charge on any atom is -0.492 e. The third-order valence-electron chi connectivity index (χ3n) is 7.67. The lowest BCUT2D eigenvalue weighted by atomic mass is 9.81. The molecule has 2 fully saturated rings. The fourth-order valence-corrected chi connectivity index (χ4v) is 7.08. The van der Waals surface area contributed by atoms with E-state index in [-0.39, 0.29) is 29.4 Å². The number of imidazole rings is 1. The van der Waals surface area contributed by atoms with Crippen molar-refractivity contribution < 1.29 is 17.5 Å². The molecule has 3 atom stereocenters. The molecule has 0 bridgehead atoms. The molecule has 1 aliphatic heterocycles. The maximum Gasteiger partial charge on any atom is 0.259 e. The summed E-state index contributed by atoms with van der Waals surface area (Å²) in [6.45, 7) is 0.347. The Kier molecular flexibility index (Phi) is 4.88. The van der Waals surface area contributed by atoms with Crippen molar-refractivity contribution in [3.8, 4) is 5.75 Å². The van der Waals surface area contributed by atoms with Crippen LogP contribution in [0.1, 0.15) is 22.6 Å². The summed E-state index contributed by atoms with van der Waals surface area (Å²) in [4.78, 5) is 6.30. The summed E-state index contributed by atoms with van der Waals surface area (Å²) in [5, 5.41) is -0.00835. The average Bonchev–Trinajstić information content (AvgIpc) is 3.55. The Balaban J connectivity index is 1.15. The summed E-state index contributed by atoms with van der Waals surface area (Å²) >= 11 is 0. The largest absolute Gasteiger partial charge is 0.492 e. The van der Waals surface area contributed by atoms with Gasteiger partial charge in [-0.2, -0.15) is 0 Å². The topological polar surface area (TPSA) is 76.2 Å². The molecule has 2 heterocycles. The second-order valence-electron chi connectivity index (χ2n) is 9.72. The number of sulfonamides is 1. The van der Waals surface area contributed by atoms with Crippen molar-refractivity contribution in [1.82, 2.24) is 19.2 Å². The van der Waals surface area contributed by atoms with Crippen LogP contribution in [0.2, 0.25) is 0 Å². The van der Waals surface area contributed by atoms with Crippen LogP contribution < -0.4 is 9.46 Å². The van der Waals surface area contributed by atoms with Gasteiger partial charge in [0.25, 0.3) is 10.0 Å². The van der Waals surface area contributed by atoms with Crippen molar-refractivity contribution >= 4 is 10.0 Å². The normalized spacial score (nSPS) is 28.6. The molecule has 6 rings (SSSR count). The molecule has 0 amide bonds. The van der Waals surface area contributed by atoms with E-state index in [1.165, 1.54) is 29.7 Å². The fourth-order valence-electron chi connectivity index (χ4n) is 6.09. The standard InChI is InChI=1S/C25H27FN4O3S/c1-29-14-22(27-15-29)34(31,32)28-8-9-33-19-7-6-17-13-25(23-24(25)30(23)2)21(20(17)12-19)11-16-4-3-5-18(26)10-16/h3-7,10,12,14-15,21,23-24,28H,8-9,11,13H2,1-2H3. The fraction of sp³-hybridized carbons (Fsp3) is 0.400. The van der Waals surface area contributed by atoms with Gasteiger partial charge in [-0.25, -0.2) is 22.5 Å². The Hall–Kier alpha value is -2.75. The highest BCUT2D eigenvalue weighted by Crippen LogP contribution is 2.76. The van der Waals surface area contributed by atoms with Gasteiger partial charge in [0, 0.05) is 37.3 Å². The molecule has 9 heteroatoms. The molecule has 2 aromatic carbocycles. The maximum atomic E-state index is 13.8. The SMILES string of the molecule is CN1C2C1C21Cc2ccc(OCCNS(=O)(=O)c3cn(C)cn3)cc2C1Cc1cccc(F)c1. The molecule has 3 aromatic rings. The molecule has 3 unspecified atom stereocenters. The molecular formula is C25H27FN4O3S. The van der Waals surface area contributed by atoms with E-state index in [1.54, 1.807) is 23.7 Å². The third-order valence-corrected chi connectivity index (χ3v) is 9.01. The van der Waals surface area contributed by atoms with E-state index in [2.05, 4.69) is 33.8 Å². The first-order valence-corrected chi connectivity index (χ1v) is 13.0. The zero-order valence-corrected chi connectivity index (χ0v) is 19.9. The van der Waals surface area contributed by atoms with Crippen LogP contribution in [0, 0.1) is 11.2 Å². The molecular weight excluding hydrogens is 455 g/mol. The Bertz CT molecular complexity index is 1360. The predicted molar refractivity (Wildman–Crippen MR) is 125 cm³/mol. The second-order valence-corrected chi connectivity index (χ2v) is 11.4. The molecule has 2 aliphatic carbocycles. The summed E-state index contributed by atoms with van der Waals surface area (Å²) in [6, 6.07) is 14.3. The number of hydrogen-bond acceptors (Lipinski definition) is 5. The van der Waals surface area contributed by atoms with Gasteiger partial charge in [-0.1, -0.05) is 18.2 Å². The molecule has 3 aliphatic rings. The Morgan fingerprint density at radius 3 is 2.74 bits per heavy atom. The van der Waals surface area contributed by atoms with Crippen molar-refractivity contribution in [1.29, 1.82) is 0 Å². The average molecular weight is 483 g/mol. The Labute approximate surface area is 198 Å². The summed E-state index contributed by atoms with van der Waals surface area (Å²) in [7, 11) is 0.229. The minimum atomic E-state index is -3.66. The highest BCUT2D eigenvalue weighted by Gasteiger charge is 2.84. The van der Waals surface area contributed by atoms with Crippen LogP contribution in [0.15, 0.2) is 60.0 Å².